The highest BCUT2D eigenvalue weighted by Gasteiger charge is 2.31. The van der Waals surface area contributed by atoms with E-state index in [1.54, 1.807) is 6.07 Å². The van der Waals surface area contributed by atoms with Crippen LogP contribution in [0.15, 0.2) is 36.4 Å². The highest BCUT2D eigenvalue weighted by molar-refractivity contribution is 5.45. The van der Waals surface area contributed by atoms with E-state index in [1.807, 2.05) is 24.3 Å². The van der Waals surface area contributed by atoms with Gasteiger partial charge in [0.2, 0.25) is 6.79 Å². The van der Waals surface area contributed by atoms with Gasteiger partial charge in [-0.2, -0.15) is 0 Å². The van der Waals surface area contributed by atoms with Gasteiger partial charge in [0.15, 0.2) is 11.5 Å². The summed E-state index contributed by atoms with van der Waals surface area (Å²) in [5, 5.41) is 0. The number of benzene rings is 2. The Bertz CT molecular complexity index is 720. The molecule has 4 nitrogen and oxygen atoms in total. The van der Waals surface area contributed by atoms with Crippen LogP contribution < -0.4 is 15.2 Å². The van der Waals surface area contributed by atoms with Gasteiger partial charge >= 0.3 is 0 Å². The summed E-state index contributed by atoms with van der Waals surface area (Å²) in [5.41, 5.74) is 8.80. The molecule has 4 rings (SSSR count). The van der Waals surface area contributed by atoms with Crippen LogP contribution in [0.3, 0.4) is 0 Å². The van der Waals surface area contributed by atoms with Crippen molar-refractivity contribution in [2.24, 2.45) is 5.73 Å². The van der Waals surface area contributed by atoms with Crippen LogP contribution in [0.4, 0.5) is 4.39 Å². The Morgan fingerprint density at radius 2 is 2.05 bits per heavy atom. The molecular weight excluding hydrogens is 283 g/mol. The highest BCUT2D eigenvalue weighted by Crippen LogP contribution is 2.37. The SMILES string of the molecule is NCC1c2cccc(F)c2CN1Cc1ccc2c(c1)OCO2. The summed E-state index contributed by atoms with van der Waals surface area (Å²) in [6, 6.07) is 11.2. The van der Waals surface area contributed by atoms with Gasteiger partial charge in [0.05, 0.1) is 0 Å². The predicted octanol–water partition coefficient (Wildman–Crippen LogP) is 2.57. The molecule has 1 atom stereocenters. The summed E-state index contributed by atoms with van der Waals surface area (Å²) in [4.78, 5) is 2.20. The van der Waals surface area contributed by atoms with E-state index < -0.39 is 0 Å². The van der Waals surface area contributed by atoms with Gasteiger partial charge < -0.3 is 15.2 Å². The summed E-state index contributed by atoms with van der Waals surface area (Å²) < 4.78 is 24.7. The number of fused-ring (bicyclic) bond motifs is 2. The zero-order valence-electron chi connectivity index (χ0n) is 12.1. The Kier molecular flexibility index (Phi) is 3.24. The second kappa shape index (κ2) is 5.26. The van der Waals surface area contributed by atoms with Gasteiger partial charge in [-0.05, 0) is 29.3 Å². The van der Waals surface area contributed by atoms with E-state index in [4.69, 9.17) is 15.2 Å². The van der Waals surface area contributed by atoms with Gasteiger partial charge in [-0.1, -0.05) is 18.2 Å². The lowest BCUT2D eigenvalue weighted by molar-refractivity contribution is 0.173. The molecule has 1 unspecified atom stereocenters. The van der Waals surface area contributed by atoms with Crippen LogP contribution in [0.2, 0.25) is 0 Å². The first-order valence-electron chi connectivity index (χ1n) is 7.36. The molecule has 5 heteroatoms. The molecule has 0 saturated heterocycles. The number of nitrogens with two attached hydrogens (primary N) is 1. The molecule has 2 aromatic rings. The first-order chi connectivity index (χ1) is 10.8. The largest absolute Gasteiger partial charge is 0.454 e. The number of nitrogens with zero attached hydrogens (tertiary/aromatic N) is 1. The van der Waals surface area contributed by atoms with Crippen LogP contribution in [0, 0.1) is 5.82 Å². The van der Waals surface area contributed by atoms with Gasteiger partial charge in [0, 0.05) is 31.2 Å². The monoisotopic (exact) mass is 300 g/mol. The van der Waals surface area contributed by atoms with E-state index in [9.17, 15) is 4.39 Å². The second-order valence-electron chi connectivity index (χ2n) is 5.65. The van der Waals surface area contributed by atoms with Crippen molar-refractivity contribution in [3.05, 3.63) is 58.9 Å². The Morgan fingerprint density at radius 1 is 1.18 bits per heavy atom. The molecule has 0 aliphatic carbocycles. The molecule has 22 heavy (non-hydrogen) atoms. The second-order valence-corrected chi connectivity index (χ2v) is 5.65. The van der Waals surface area contributed by atoms with Crippen molar-refractivity contribution >= 4 is 0 Å². The third-order valence-electron chi connectivity index (χ3n) is 4.36. The number of hydrogen-bond donors (Lipinski definition) is 1. The standard InChI is InChI=1S/C17H17FN2O2/c18-14-3-1-2-12-13(14)9-20(15(12)7-19)8-11-4-5-16-17(6-11)22-10-21-16/h1-6,15H,7-10,19H2. The molecule has 0 radical (unpaired) electrons. The molecule has 0 saturated carbocycles. The van der Waals surface area contributed by atoms with Crippen molar-refractivity contribution in [3.63, 3.8) is 0 Å². The molecule has 0 bridgehead atoms. The molecule has 2 heterocycles. The summed E-state index contributed by atoms with van der Waals surface area (Å²) in [6.45, 7) is 2.02. The quantitative estimate of drug-likeness (QED) is 0.946. The maximum Gasteiger partial charge on any atom is 0.231 e. The van der Waals surface area contributed by atoms with E-state index in [2.05, 4.69) is 4.90 Å². The Morgan fingerprint density at radius 3 is 2.91 bits per heavy atom. The van der Waals surface area contributed by atoms with E-state index in [1.165, 1.54) is 6.07 Å². The molecule has 2 aliphatic rings. The maximum absolute atomic E-state index is 14.0. The third kappa shape index (κ3) is 2.14. The number of ether oxygens (including phenoxy) is 2. The van der Waals surface area contributed by atoms with Gasteiger partial charge in [0.25, 0.3) is 0 Å². The number of halogens is 1. The first kappa shape index (κ1) is 13.5. The van der Waals surface area contributed by atoms with Crippen LogP contribution in [0.1, 0.15) is 22.7 Å². The molecule has 2 aromatic carbocycles. The zero-order chi connectivity index (χ0) is 15.1. The van der Waals surface area contributed by atoms with Crippen molar-refractivity contribution < 1.29 is 13.9 Å². The third-order valence-corrected chi connectivity index (χ3v) is 4.36. The normalized spacial score (nSPS) is 19.5. The average molecular weight is 300 g/mol. The van der Waals surface area contributed by atoms with Crippen LogP contribution >= 0.6 is 0 Å². The molecule has 2 N–H and O–H groups in total. The Labute approximate surface area is 128 Å². The fourth-order valence-electron chi connectivity index (χ4n) is 3.28. The van der Waals surface area contributed by atoms with E-state index >= 15 is 0 Å². The lowest BCUT2D eigenvalue weighted by atomic mass is 10.0. The van der Waals surface area contributed by atoms with Crippen LogP contribution in [-0.4, -0.2) is 18.2 Å². The molecule has 2 aliphatic heterocycles. The van der Waals surface area contributed by atoms with Crippen LogP contribution in [0.25, 0.3) is 0 Å². The molecule has 0 fully saturated rings. The first-order valence-corrected chi connectivity index (χ1v) is 7.36. The van der Waals surface area contributed by atoms with Crippen molar-refractivity contribution in [2.75, 3.05) is 13.3 Å². The van der Waals surface area contributed by atoms with Crippen molar-refractivity contribution in [2.45, 2.75) is 19.1 Å². The molecule has 0 aromatic heterocycles. The van der Waals surface area contributed by atoms with Gasteiger partial charge in [0.1, 0.15) is 5.82 Å². The minimum Gasteiger partial charge on any atom is -0.454 e. The van der Waals surface area contributed by atoms with Crippen molar-refractivity contribution in [1.29, 1.82) is 0 Å². The van der Waals surface area contributed by atoms with E-state index in [0.717, 1.165) is 28.2 Å². The minimum atomic E-state index is -0.149. The summed E-state index contributed by atoms with van der Waals surface area (Å²) in [5.74, 6) is 1.39. The lowest BCUT2D eigenvalue weighted by Crippen LogP contribution is -2.27. The van der Waals surface area contributed by atoms with E-state index in [-0.39, 0.29) is 18.7 Å². The molecular formula is C17H17FN2O2. The Balaban J connectivity index is 1.60. The fraction of sp³-hybridized carbons (Fsp3) is 0.294. The molecule has 0 spiro atoms. The van der Waals surface area contributed by atoms with Gasteiger partial charge in [-0.25, -0.2) is 4.39 Å². The van der Waals surface area contributed by atoms with Gasteiger partial charge in [-0.15, -0.1) is 0 Å². The molecule has 0 amide bonds. The summed E-state index contributed by atoms with van der Waals surface area (Å²) >= 11 is 0. The maximum atomic E-state index is 14.0. The average Bonchev–Trinajstić information content (AvgIpc) is 3.11. The number of hydrogen-bond acceptors (Lipinski definition) is 4. The van der Waals surface area contributed by atoms with Crippen molar-refractivity contribution in [3.8, 4) is 11.5 Å². The predicted molar refractivity (Wildman–Crippen MR) is 80.0 cm³/mol. The number of rotatable bonds is 3. The molecule has 114 valence electrons. The fourth-order valence-corrected chi connectivity index (χ4v) is 3.28. The van der Waals surface area contributed by atoms with Crippen LogP contribution in [0.5, 0.6) is 11.5 Å². The zero-order valence-corrected chi connectivity index (χ0v) is 12.1. The minimum absolute atomic E-state index is 0.0520. The lowest BCUT2D eigenvalue weighted by Gasteiger charge is -2.23. The van der Waals surface area contributed by atoms with Crippen molar-refractivity contribution in [1.82, 2.24) is 4.90 Å². The van der Waals surface area contributed by atoms with Gasteiger partial charge in [-0.3, -0.25) is 4.90 Å². The summed E-state index contributed by atoms with van der Waals surface area (Å²) in [7, 11) is 0. The van der Waals surface area contributed by atoms with Crippen LogP contribution in [-0.2, 0) is 13.1 Å². The highest BCUT2D eigenvalue weighted by atomic mass is 19.1. The summed E-state index contributed by atoms with van der Waals surface area (Å²) in [6.07, 6.45) is 0. The smallest absolute Gasteiger partial charge is 0.231 e. The topological polar surface area (TPSA) is 47.7 Å². The Hall–Kier alpha value is -2.11. The van der Waals surface area contributed by atoms with E-state index in [0.29, 0.717) is 19.6 Å².